The lowest BCUT2D eigenvalue weighted by Crippen LogP contribution is -2.04. The summed E-state index contributed by atoms with van der Waals surface area (Å²) in [7, 11) is 3.37. The van der Waals surface area contributed by atoms with Crippen LogP contribution in [0.4, 0.5) is 0 Å². The van der Waals surface area contributed by atoms with Crippen LogP contribution < -0.4 is 4.74 Å². The summed E-state index contributed by atoms with van der Waals surface area (Å²) in [6, 6.07) is 4.59. The second-order valence-corrected chi connectivity index (χ2v) is 7.54. The summed E-state index contributed by atoms with van der Waals surface area (Å²) in [5, 5.41) is 4.76. The van der Waals surface area contributed by atoms with E-state index in [1.54, 1.807) is 30.8 Å². The van der Waals surface area contributed by atoms with Crippen LogP contribution in [-0.2, 0) is 22.7 Å². The monoisotopic (exact) mass is 348 g/mol. The van der Waals surface area contributed by atoms with Gasteiger partial charge in [-0.05, 0) is 37.6 Å². The molecule has 2 rings (SSSR count). The summed E-state index contributed by atoms with van der Waals surface area (Å²) < 4.78 is 30.0. The van der Waals surface area contributed by atoms with Gasteiger partial charge in [-0.1, -0.05) is 11.6 Å². The minimum atomic E-state index is -3.75. The van der Waals surface area contributed by atoms with Gasteiger partial charge in [-0.15, -0.1) is 0 Å². The Morgan fingerprint density at radius 2 is 2.00 bits per heavy atom. The van der Waals surface area contributed by atoms with Crippen molar-refractivity contribution in [1.29, 1.82) is 0 Å². The lowest BCUT2D eigenvalue weighted by atomic mass is 10.2. The van der Waals surface area contributed by atoms with E-state index in [1.165, 1.54) is 6.07 Å². The Labute approximate surface area is 132 Å². The molecule has 0 atom stereocenters. The highest BCUT2D eigenvalue weighted by molar-refractivity contribution is 8.13. The van der Waals surface area contributed by atoms with Crippen molar-refractivity contribution < 1.29 is 13.2 Å². The Hall–Kier alpha value is -1.24. The van der Waals surface area contributed by atoms with Crippen molar-refractivity contribution in [3.63, 3.8) is 0 Å². The molecule has 114 valence electrons. The van der Waals surface area contributed by atoms with E-state index in [0.717, 1.165) is 11.4 Å². The number of aromatic nitrogens is 2. The molecule has 0 bridgehead atoms. The van der Waals surface area contributed by atoms with Crippen LogP contribution in [0, 0.1) is 13.8 Å². The average molecular weight is 349 g/mol. The molecule has 0 aliphatic rings. The van der Waals surface area contributed by atoms with Crippen LogP contribution in [0.25, 0.3) is 0 Å². The maximum atomic E-state index is 11.3. The van der Waals surface area contributed by atoms with Crippen molar-refractivity contribution in [2.75, 3.05) is 0 Å². The molecule has 5 nitrogen and oxygen atoms in total. The standard InChI is InChI=1S/C13H14Cl2N2O3S/c1-8-6-10(4-5-12(8)21(15,18)19)20-7-11-13(14)9(2)16-17(11)3/h4-6H,7H2,1-3H3. The average Bonchev–Trinajstić information content (AvgIpc) is 2.60. The van der Waals surface area contributed by atoms with Crippen LogP contribution in [0.1, 0.15) is 17.0 Å². The van der Waals surface area contributed by atoms with E-state index in [1.807, 2.05) is 6.92 Å². The zero-order valence-corrected chi connectivity index (χ0v) is 14.1. The third kappa shape index (κ3) is 3.51. The van der Waals surface area contributed by atoms with E-state index >= 15 is 0 Å². The fourth-order valence-corrected chi connectivity index (χ4v) is 3.38. The molecular formula is C13H14Cl2N2O3S. The van der Waals surface area contributed by atoms with Crippen molar-refractivity contribution >= 4 is 31.3 Å². The Balaban J connectivity index is 2.20. The molecular weight excluding hydrogens is 335 g/mol. The lowest BCUT2D eigenvalue weighted by Gasteiger charge is -2.09. The Bertz CT molecular complexity index is 785. The fraction of sp³-hybridized carbons (Fsp3) is 0.308. The number of ether oxygens (including phenoxy) is 1. The first-order valence-electron chi connectivity index (χ1n) is 6.06. The van der Waals surface area contributed by atoms with Crippen molar-refractivity contribution in [2.45, 2.75) is 25.3 Å². The van der Waals surface area contributed by atoms with Crippen molar-refractivity contribution in [3.8, 4) is 5.75 Å². The molecule has 0 amide bonds. The van der Waals surface area contributed by atoms with E-state index in [4.69, 9.17) is 27.0 Å². The van der Waals surface area contributed by atoms with Gasteiger partial charge in [0.05, 0.1) is 21.3 Å². The molecule has 1 aromatic carbocycles. The molecule has 1 aromatic heterocycles. The maximum absolute atomic E-state index is 11.3. The molecule has 0 fully saturated rings. The Morgan fingerprint density at radius 3 is 2.48 bits per heavy atom. The maximum Gasteiger partial charge on any atom is 0.261 e. The predicted molar refractivity (Wildman–Crippen MR) is 81.5 cm³/mol. The lowest BCUT2D eigenvalue weighted by molar-refractivity contribution is 0.294. The zero-order chi connectivity index (χ0) is 15.8. The highest BCUT2D eigenvalue weighted by Crippen LogP contribution is 2.26. The van der Waals surface area contributed by atoms with Crippen LogP contribution in [0.5, 0.6) is 5.75 Å². The number of aryl methyl sites for hydroxylation is 3. The highest BCUT2D eigenvalue weighted by Gasteiger charge is 2.15. The molecule has 0 saturated carbocycles. The van der Waals surface area contributed by atoms with Gasteiger partial charge in [-0.2, -0.15) is 5.10 Å². The SMILES string of the molecule is Cc1cc(OCc2c(Cl)c(C)nn2C)ccc1S(=O)(=O)Cl. The summed E-state index contributed by atoms with van der Waals surface area (Å²) >= 11 is 6.14. The minimum Gasteiger partial charge on any atom is -0.487 e. The Kier molecular flexibility index (Phi) is 4.51. The first kappa shape index (κ1) is 16.1. The van der Waals surface area contributed by atoms with Gasteiger partial charge in [0.25, 0.3) is 9.05 Å². The second-order valence-electron chi connectivity index (χ2n) is 4.62. The van der Waals surface area contributed by atoms with E-state index in [0.29, 0.717) is 16.3 Å². The quantitative estimate of drug-likeness (QED) is 0.796. The summed E-state index contributed by atoms with van der Waals surface area (Å²) in [6.45, 7) is 3.71. The first-order valence-corrected chi connectivity index (χ1v) is 8.75. The number of nitrogens with zero attached hydrogens (tertiary/aromatic N) is 2. The van der Waals surface area contributed by atoms with Crippen LogP contribution in [0.3, 0.4) is 0 Å². The molecule has 0 spiro atoms. The van der Waals surface area contributed by atoms with Crippen LogP contribution in [0.2, 0.25) is 5.02 Å². The topological polar surface area (TPSA) is 61.2 Å². The van der Waals surface area contributed by atoms with Crippen LogP contribution in [0.15, 0.2) is 23.1 Å². The van der Waals surface area contributed by atoms with Crippen LogP contribution in [-0.4, -0.2) is 18.2 Å². The summed E-state index contributed by atoms with van der Waals surface area (Å²) in [5.41, 5.74) is 2.01. The number of halogens is 2. The third-order valence-electron chi connectivity index (χ3n) is 3.05. The van der Waals surface area contributed by atoms with E-state index in [2.05, 4.69) is 5.10 Å². The highest BCUT2D eigenvalue weighted by atomic mass is 35.7. The number of rotatable bonds is 4. The molecule has 0 aliphatic carbocycles. The number of hydrogen-bond donors (Lipinski definition) is 0. The van der Waals surface area contributed by atoms with Crippen LogP contribution >= 0.6 is 22.3 Å². The van der Waals surface area contributed by atoms with Gasteiger partial charge < -0.3 is 4.74 Å². The predicted octanol–water partition coefficient (Wildman–Crippen LogP) is 3.20. The van der Waals surface area contributed by atoms with Gasteiger partial charge in [0.1, 0.15) is 12.4 Å². The third-order valence-corrected chi connectivity index (χ3v) is 5.02. The second kappa shape index (κ2) is 5.87. The molecule has 8 heteroatoms. The number of benzene rings is 1. The van der Waals surface area contributed by atoms with Gasteiger partial charge >= 0.3 is 0 Å². The summed E-state index contributed by atoms with van der Waals surface area (Å²) in [5.74, 6) is 0.534. The van der Waals surface area contributed by atoms with Crippen molar-refractivity contribution in [1.82, 2.24) is 9.78 Å². The molecule has 0 N–H and O–H groups in total. The smallest absolute Gasteiger partial charge is 0.261 e. The first-order chi connectivity index (χ1) is 9.70. The summed E-state index contributed by atoms with van der Waals surface area (Å²) in [4.78, 5) is 0.0749. The van der Waals surface area contributed by atoms with Gasteiger partial charge in [0, 0.05) is 17.7 Å². The molecule has 0 saturated heterocycles. The summed E-state index contributed by atoms with van der Waals surface area (Å²) in [6.07, 6.45) is 0. The molecule has 0 radical (unpaired) electrons. The fourth-order valence-electron chi connectivity index (χ4n) is 1.97. The molecule has 1 heterocycles. The minimum absolute atomic E-state index is 0.0749. The largest absolute Gasteiger partial charge is 0.487 e. The molecule has 2 aromatic rings. The molecule has 21 heavy (non-hydrogen) atoms. The van der Waals surface area contributed by atoms with Crippen molar-refractivity contribution in [3.05, 3.63) is 40.2 Å². The van der Waals surface area contributed by atoms with E-state index in [9.17, 15) is 8.42 Å². The van der Waals surface area contributed by atoms with Crippen molar-refractivity contribution in [2.24, 2.45) is 7.05 Å². The van der Waals surface area contributed by atoms with E-state index in [-0.39, 0.29) is 11.5 Å². The van der Waals surface area contributed by atoms with Gasteiger partial charge in [0.2, 0.25) is 0 Å². The van der Waals surface area contributed by atoms with Gasteiger partial charge in [0.15, 0.2) is 0 Å². The normalized spacial score (nSPS) is 11.7. The molecule has 0 unspecified atom stereocenters. The van der Waals surface area contributed by atoms with Gasteiger partial charge in [-0.3, -0.25) is 4.68 Å². The van der Waals surface area contributed by atoms with Gasteiger partial charge in [-0.25, -0.2) is 8.42 Å². The number of hydrogen-bond acceptors (Lipinski definition) is 4. The van der Waals surface area contributed by atoms with E-state index < -0.39 is 9.05 Å². The Morgan fingerprint density at radius 1 is 1.33 bits per heavy atom. The molecule has 0 aliphatic heterocycles. The zero-order valence-electron chi connectivity index (χ0n) is 11.7.